The molecule has 0 unspecified atom stereocenters. The Labute approximate surface area is 133 Å². The van der Waals surface area contributed by atoms with Gasteiger partial charge in [0.25, 0.3) is 0 Å². The van der Waals surface area contributed by atoms with Crippen molar-refractivity contribution in [1.29, 1.82) is 0 Å². The number of carbonyl (C=O) groups excluding carboxylic acids is 1. The molecule has 3 nitrogen and oxygen atoms in total. The first-order valence-electron chi connectivity index (χ1n) is 9.25. The second-order valence-corrected chi connectivity index (χ2v) is 8.92. The minimum Gasteiger partial charge on any atom is -0.411 e. The standard InChI is InChI=1S/C19H29NO2/c1-18-9-4-3-5-12(18)6-7-13-14(18)8-10-19(2)16(21)11-15(20-22)17(13)19/h12-14,17,22H,3-11H2,1-2H3/b20-15+/t12-,13-,14+,17-,18+,19-/m1/s1. The predicted octanol–water partition coefficient (Wildman–Crippen LogP) is 4.43. The number of fused-ring (bicyclic) bond motifs is 5. The number of hydrogen-bond acceptors (Lipinski definition) is 3. The van der Waals surface area contributed by atoms with Crippen molar-refractivity contribution in [3.05, 3.63) is 0 Å². The zero-order valence-electron chi connectivity index (χ0n) is 14.0. The second kappa shape index (κ2) is 4.82. The van der Waals surface area contributed by atoms with Crippen LogP contribution in [0.15, 0.2) is 5.16 Å². The molecule has 3 heteroatoms. The van der Waals surface area contributed by atoms with Crippen LogP contribution in [0, 0.1) is 34.5 Å². The predicted molar refractivity (Wildman–Crippen MR) is 86.0 cm³/mol. The molecule has 0 saturated heterocycles. The molecule has 0 spiro atoms. The van der Waals surface area contributed by atoms with Crippen LogP contribution < -0.4 is 0 Å². The van der Waals surface area contributed by atoms with Crippen LogP contribution >= 0.6 is 0 Å². The second-order valence-electron chi connectivity index (χ2n) is 8.92. The number of nitrogens with zero attached hydrogens (tertiary/aromatic N) is 1. The lowest BCUT2D eigenvalue weighted by Crippen LogP contribution is -2.53. The number of hydrogen-bond donors (Lipinski definition) is 1. The van der Waals surface area contributed by atoms with Gasteiger partial charge in [-0.05, 0) is 61.7 Å². The van der Waals surface area contributed by atoms with E-state index in [-0.39, 0.29) is 11.3 Å². The molecule has 0 aromatic carbocycles. The van der Waals surface area contributed by atoms with Gasteiger partial charge in [0.05, 0.1) is 5.71 Å². The Kier molecular flexibility index (Phi) is 3.22. The normalized spacial score (nSPS) is 53.0. The van der Waals surface area contributed by atoms with Gasteiger partial charge in [0.1, 0.15) is 5.78 Å². The highest BCUT2D eigenvalue weighted by Crippen LogP contribution is 2.64. The third-order valence-corrected chi connectivity index (χ3v) is 8.22. The molecule has 1 N–H and O–H groups in total. The minimum absolute atomic E-state index is 0.212. The molecule has 0 aromatic rings. The van der Waals surface area contributed by atoms with E-state index in [2.05, 4.69) is 19.0 Å². The molecule has 0 bridgehead atoms. The Morgan fingerprint density at radius 2 is 1.91 bits per heavy atom. The Morgan fingerprint density at radius 1 is 1.09 bits per heavy atom. The molecule has 0 aromatic heterocycles. The average molecular weight is 303 g/mol. The molecule has 122 valence electrons. The van der Waals surface area contributed by atoms with Gasteiger partial charge in [0.15, 0.2) is 0 Å². The van der Waals surface area contributed by atoms with E-state index in [1.807, 2.05) is 0 Å². The lowest BCUT2D eigenvalue weighted by atomic mass is 9.45. The summed E-state index contributed by atoms with van der Waals surface area (Å²) < 4.78 is 0. The van der Waals surface area contributed by atoms with E-state index in [4.69, 9.17) is 0 Å². The fraction of sp³-hybridized carbons (Fsp3) is 0.895. The van der Waals surface area contributed by atoms with Crippen LogP contribution in [0.25, 0.3) is 0 Å². The summed E-state index contributed by atoms with van der Waals surface area (Å²) in [7, 11) is 0. The number of ketones is 1. The third-order valence-electron chi connectivity index (χ3n) is 8.22. The Bertz CT molecular complexity index is 528. The molecule has 0 aliphatic heterocycles. The third kappa shape index (κ3) is 1.74. The van der Waals surface area contributed by atoms with Gasteiger partial charge >= 0.3 is 0 Å². The maximum atomic E-state index is 12.5. The smallest absolute Gasteiger partial charge is 0.145 e. The molecular formula is C19H29NO2. The SMILES string of the molecule is C[C@]12CCCC[C@@H]1CC[C@@H]1[C@@H]2CC[C@]2(C)C(=O)C/C(=N\O)[C@@H]12. The topological polar surface area (TPSA) is 49.7 Å². The van der Waals surface area contributed by atoms with Crippen LogP contribution in [-0.2, 0) is 4.79 Å². The molecule has 4 aliphatic carbocycles. The largest absolute Gasteiger partial charge is 0.411 e. The molecule has 4 fully saturated rings. The van der Waals surface area contributed by atoms with Gasteiger partial charge in [-0.2, -0.15) is 0 Å². The first kappa shape index (κ1) is 14.7. The first-order chi connectivity index (χ1) is 10.5. The van der Waals surface area contributed by atoms with Crippen LogP contribution in [0.5, 0.6) is 0 Å². The monoisotopic (exact) mass is 303 g/mol. The van der Waals surface area contributed by atoms with Gasteiger partial charge in [-0.25, -0.2) is 0 Å². The van der Waals surface area contributed by atoms with Crippen molar-refractivity contribution in [3.63, 3.8) is 0 Å². The van der Waals surface area contributed by atoms with Crippen LogP contribution in [0.1, 0.15) is 71.6 Å². The van der Waals surface area contributed by atoms with Gasteiger partial charge < -0.3 is 5.21 Å². The summed E-state index contributed by atoms with van der Waals surface area (Å²) in [6.07, 6.45) is 10.7. The van der Waals surface area contributed by atoms with Crippen molar-refractivity contribution in [2.75, 3.05) is 0 Å². The van der Waals surface area contributed by atoms with E-state index >= 15 is 0 Å². The molecule has 4 saturated carbocycles. The van der Waals surface area contributed by atoms with Crippen molar-refractivity contribution in [3.8, 4) is 0 Å². The molecule has 4 rings (SSSR count). The Morgan fingerprint density at radius 3 is 2.68 bits per heavy atom. The van der Waals surface area contributed by atoms with Crippen molar-refractivity contribution < 1.29 is 10.0 Å². The minimum atomic E-state index is -0.249. The summed E-state index contributed by atoms with van der Waals surface area (Å²) >= 11 is 0. The van der Waals surface area contributed by atoms with E-state index in [0.29, 0.717) is 23.5 Å². The van der Waals surface area contributed by atoms with Crippen molar-refractivity contribution in [1.82, 2.24) is 0 Å². The summed E-state index contributed by atoms with van der Waals surface area (Å²) in [5.41, 5.74) is 1.01. The highest BCUT2D eigenvalue weighted by atomic mass is 16.4. The maximum absolute atomic E-state index is 12.5. The van der Waals surface area contributed by atoms with Crippen LogP contribution in [0.3, 0.4) is 0 Å². The molecule has 0 heterocycles. The molecular weight excluding hydrogens is 274 g/mol. The number of carbonyl (C=O) groups is 1. The number of rotatable bonds is 0. The fourth-order valence-electron chi connectivity index (χ4n) is 7.00. The molecule has 0 amide bonds. The van der Waals surface area contributed by atoms with Gasteiger partial charge in [-0.15, -0.1) is 0 Å². The van der Waals surface area contributed by atoms with E-state index in [1.165, 1.54) is 44.9 Å². The number of Topliss-reactive ketones (excluding diaryl/α,β-unsaturated/α-hetero) is 1. The van der Waals surface area contributed by atoms with Gasteiger partial charge in [-0.3, -0.25) is 4.79 Å². The summed E-state index contributed by atoms with van der Waals surface area (Å²) in [6.45, 7) is 4.67. The van der Waals surface area contributed by atoms with E-state index < -0.39 is 0 Å². The Hall–Kier alpha value is -0.860. The summed E-state index contributed by atoms with van der Waals surface area (Å²) in [4.78, 5) is 12.5. The maximum Gasteiger partial charge on any atom is 0.145 e. The summed E-state index contributed by atoms with van der Waals surface area (Å²) in [5.74, 6) is 2.71. The molecule has 4 aliphatic rings. The average Bonchev–Trinajstić information content (AvgIpc) is 2.78. The van der Waals surface area contributed by atoms with E-state index in [0.717, 1.165) is 24.0 Å². The Balaban J connectivity index is 1.72. The molecule has 6 atom stereocenters. The van der Waals surface area contributed by atoms with Crippen molar-refractivity contribution >= 4 is 11.5 Å². The van der Waals surface area contributed by atoms with Crippen molar-refractivity contribution in [2.45, 2.75) is 71.6 Å². The zero-order chi connectivity index (χ0) is 15.5. The lowest BCUT2D eigenvalue weighted by Gasteiger charge is -2.59. The molecule has 0 radical (unpaired) electrons. The fourth-order valence-corrected chi connectivity index (χ4v) is 7.00. The van der Waals surface area contributed by atoms with Crippen LogP contribution in [-0.4, -0.2) is 16.7 Å². The number of oxime groups is 1. The van der Waals surface area contributed by atoms with Crippen LogP contribution in [0.2, 0.25) is 0 Å². The van der Waals surface area contributed by atoms with Gasteiger partial charge in [0, 0.05) is 17.8 Å². The lowest BCUT2D eigenvalue weighted by molar-refractivity contribution is -0.136. The van der Waals surface area contributed by atoms with Crippen LogP contribution in [0.4, 0.5) is 0 Å². The zero-order valence-corrected chi connectivity index (χ0v) is 14.0. The van der Waals surface area contributed by atoms with Gasteiger partial charge in [-0.1, -0.05) is 31.8 Å². The van der Waals surface area contributed by atoms with Crippen molar-refractivity contribution in [2.24, 2.45) is 39.7 Å². The van der Waals surface area contributed by atoms with E-state index in [1.54, 1.807) is 0 Å². The highest BCUT2D eigenvalue weighted by Gasteiger charge is 2.61. The quantitative estimate of drug-likeness (QED) is 0.531. The van der Waals surface area contributed by atoms with E-state index in [9.17, 15) is 10.0 Å². The summed E-state index contributed by atoms with van der Waals surface area (Å²) in [6, 6.07) is 0. The summed E-state index contributed by atoms with van der Waals surface area (Å²) in [5, 5.41) is 13.0. The highest BCUT2D eigenvalue weighted by molar-refractivity contribution is 6.13. The van der Waals surface area contributed by atoms with Gasteiger partial charge in [0.2, 0.25) is 0 Å². The molecule has 22 heavy (non-hydrogen) atoms. The first-order valence-corrected chi connectivity index (χ1v) is 9.25.